The van der Waals surface area contributed by atoms with Gasteiger partial charge in [0.15, 0.2) is 0 Å². The molecule has 1 saturated heterocycles. The van der Waals surface area contributed by atoms with E-state index in [1.807, 2.05) is 13.0 Å². The van der Waals surface area contributed by atoms with Crippen molar-refractivity contribution in [1.82, 2.24) is 4.90 Å². The fraction of sp³-hybridized carbons (Fsp3) is 0.667. The number of rotatable bonds is 3. The highest BCUT2D eigenvalue weighted by Crippen LogP contribution is 2.10. The van der Waals surface area contributed by atoms with Crippen LogP contribution in [0.2, 0.25) is 0 Å². The van der Waals surface area contributed by atoms with Crippen LogP contribution in [0.15, 0.2) is 12.2 Å². The van der Waals surface area contributed by atoms with Gasteiger partial charge in [-0.15, -0.1) is 0 Å². The lowest BCUT2D eigenvalue weighted by Crippen LogP contribution is -2.31. The number of amides is 1. The second kappa shape index (κ2) is 4.14. The van der Waals surface area contributed by atoms with E-state index in [0.29, 0.717) is 13.2 Å². The second-order valence-electron chi connectivity index (χ2n) is 2.96. The summed E-state index contributed by atoms with van der Waals surface area (Å²) >= 11 is 0. The van der Waals surface area contributed by atoms with Gasteiger partial charge in [-0.2, -0.15) is 0 Å². The standard InChI is InChI=1S/C9H15NO2/c1-3-4-5-6-10-8(2)7-12-9(10)11/h4-5,8H,3,6-7H2,1-2H3/b5-4+. The smallest absolute Gasteiger partial charge is 0.410 e. The van der Waals surface area contributed by atoms with Crippen LogP contribution in [-0.2, 0) is 4.74 Å². The zero-order valence-corrected chi connectivity index (χ0v) is 7.62. The topological polar surface area (TPSA) is 29.5 Å². The maximum atomic E-state index is 11.0. The normalized spacial score (nSPS) is 23.7. The Kier molecular flexibility index (Phi) is 3.14. The molecule has 1 unspecified atom stereocenters. The van der Waals surface area contributed by atoms with Crippen LogP contribution < -0.4 is 0 Å². The summed E-state index contributed by atoms with van der Waals surface area (Å²) in [5, 5.41) is 0. The fourth-order valence-electron chi connectivity index (χ4n) is 1.15. The molecule has 1 atom stereocenters. The Morgan fingerprint density at radius 1 is 1.67 bits per heavy atom. The lowest BCUT2D eigenvalue weighted by Gasteiger charge is -2.14. The average Bonchev–Trinajstić information content (AvgIpc) is 2.35. The third-order valence-corrected chi connectivity index (χ3v) is 1.92. The average molecular weight is 169 g/mol. The number of hydrogen-bond acceptors (Lipinski definition) is 2. The van der Waals surface area contributed by atoms with Crippen molar-refractivity contribution in [1.29, 1.82) is 0 Å². The number of ether oxygens (including phenoxy) is 1. The Labute approximate surface area is 73.0 Å². The molecule has 68 valence electrons. The third kappa shape index (κ3) is 2.00. The third-order valence-electron chi connectivity index (χ3n) is 1.92. The van der Waals surface area contributed by atoms with Gasteiger partial charge in [0.2, 0.25) is 0 Å². The number of hydrogen-bond donors (Lipinski definition) is 0. The summed E-state index contributed by atoms with van der Waals surface area (Å²) in [6.07, 6.45) is 4.88. The molecule has 0 aliphatic carbocycles. The minimum atomic E-state index is -0.191. The maximum absolute atomic E-state index is 11.0. The van der Waals surface area contributed by atoms with Crippen molar-refractivity contribution in [2.75, 3.05) is 13.2 Å². The van der Waals surface area contributed by atoms with Crippen LogP contribution in [0.25, 0.3) is 0 Å². The van der Waals surface area contributed by atoms with E-state index in [1.54, 1.807) is 4.90 Å². The molecule has 0 spiro atoms. The molecule has 3 nitrogen and oxygen atoms in total. The Hall–Kier alpha value is -0.990. The Bertz CT molecular complexity index is 189. The SMILES string of the molecule is CC/C=C/CN1C(=O)OCC1C. The number of carbonyl (C=O) groups is 1. The predicted octanol–water partition coefficient (Wildman–Crippen LogP) is 1.79. The molecule has 0 radical (unpaired) electrons. The molecule has 0 aromatic carbocycles. The highest BCUT2D eigenvalue weighted by molar-refractivity contribution is 5.70. The van der Waals surface area contributed by atoms with Crippen LogP contribution in [0.5, 0.6) is 0 Å². The number of carbonyl (C=O) groups excluding carboxylic acids is 1. The van der Waals surface area contributed by atoms with Crippen molar-refractivity contribution < 1.29 is 9.53 Å². The molecule has 0 aromatic rings. The molecule has 1 fully saturated rings. The summed E-state index contributed by atoms with van der Waals surface area (Å²) in [5.41, 5.74) is 0. The van der Waals surface area contributed by atoms with Gasteiger partial charge >= 0.3 is 6.09 Å². The van der Waals surface area contributed by atoms with E-state index < -0.39 is 0 Å². The fourth-order valence-corrected chi connectivity index (χ4v) is 1.15. The first kappa shape index (κ1) is 9.10. The van der Waals surface area contributed by atoms with E-state index >= 15 is 0 Å². The number of cyclic esters (lactones) is 1. The highest BCUT2D eigenvalue weighted by atomic mass is 16.6. The van der Waals surface area contributed by atoms with E-state index in [-0.39, 0.29) is 12.1 Å². The Morgan fingerprint density at radius 3 is 2.92 bits per heavy atom. The first-order valence-corrected chi connectivity index (χ1v) is 4.34. The molecule has 1 amide bonds. The summed E-state index contributed by atoms with van der Waals surface area (Å²) in [7, 11) is 0. The van der Waals surface area contributed by atoms with Crippen molar-refractivity contribution in [2.45, 2.75) is 26.3 Å². The van der Waals surface area contributed by atoms with E-state index in [1.165, 1.54) is 0 Å². The summed E-state index contributed by atoms with van der Waals surface area (Å²) in [4.78, 5) is 12.8. The molecular formula is C9H15NO2. The highest BCUT2D eigenvalue weighted by Gasteiger charge is 2.27. The van der Waals surface area contributed by atoms with Crippen molar-refractivity contribution in [3.63, 3.8) is 0 Å². The summed E-state index contributed by atoms with van der Waals surface area (Å²) < 4.78 is 4.86. The van der Waals surface area contributed by atoms with Crippen LogP contribution in [-0.4, -0.2) is 30.2 Å². The summed E-state index contributed by atoms with van der Waals surface area (Å²) in [5.74, 6) is 0. The van der Waals surface area contributed by atoms with Gasteiger partial charge in [0.05, 0.1) is 6.04 Å². The van der Waals surface area contributed by atoms with E-state index in [4.69, 9.17) is 4.74 Å². The molecule has 0 saturated carbocycles. The van der Waals surface area contributed by atoms with Gasteiger partial charge in [-0.05, 0) is 13.3 Å². The Morgan fingerprint density at radius 2 is 2.42 bits per heavy atom. The molecule has 1 heterocycles. The molecule has 0 bridgehead atoms. The zero-order chi connectivity index (χ0) is 8.97. The minimum absolute atomic E-state index is 0.191. The van der Waals surface area contributed by atoms with Gasteiger partial charge < -0.3 is 4.74 Å². The summed E-state index contributed by atoms with van der Waals surface area (Å²) in [6, 6.07) is 0.221. The van der Waals surface area contributed by atoms with Crippen LogP contribution >= 0.6 is 0 Å². The monoisotopic (exact) mass is 169 g/mol. The first-order valence-electron chi connectivity index (χ1n) is 4.34. The predicted molar refractivity (Wildman–Crippen MR) is 46.9 cm³/mol. The molecule has 1 aliphatic rings. The quantitative estimate of drug-likeness (QED) is 0.603. The first-order chi connectivity index (χ1) is 5.75. The molecule has 12 heavy (non-hydrogen) atoms. The Balaban J connectivity index is 2.39. The maximum Gasteiger partial charge on any atom is 0.410 e. The number of allylic oxidation sites excluding steroid dienone is 1. The van der Waals surface area contributed by atoms with Crippen molar-refractivity contribution in [2.24, 2.45) is 0 Å². The molecule has 1 rings (SSSR count). The lowest BCUT2D eigenvalue weighted by atomic mass is 10.3. The molecule has 1 aliphatic heterocycles. The van der Waals surface area contributed by atoms with Gasteiger partial charge in [0.1, 0.15) is 6.61 Å². The van der Waals surface area contributed by atoms with E-state index in [9.17, 15) is 4.79 Å². The molecular weight excluding hydrogens is 154 g/mol. The van der Waals surface area contributed by atoms with Gasteiger partial charge in [-0.1, -0.05) is 19.1 Å². The zero-order valence-electron chi connectivity index (χ0n) is 7.62. The number of nitrogens with zero attached hydrogens (tertiary/aromatic N) is 1. The largest absolute Gasteiger partial charge is 0.447 e. The van der Waals surface area contributed by atoms with Crippen LogP contribution in [0, 0.1) is 0 Å². The van der Waals surface area contributed by atoms with Crippen LogP contribution in [0.4, 0.5) is 4.79 Å². The molecule has 0 N–H and O–H groups in total. The van der Waals surface area contributed by atoms with E-state index in [0.717, 1.165) is 6.42 Å². The van der Waals surface area contributed by atoms with Crippen molar-refractivity contribution >= 4 is 6.09 Å². The van der Waals surface area contributed by atoms with Gasteiger partial charge in [-0.25, -0.2) is 4.79 Å². The minimum Gasteiger partial charge on any atom is -0.447 e. The van der Waals surface area contributed by atoms with Crippen LogP contribution in [0.1, 0.15) is 20.3 Å². The van der Waals surface area contributed by atoms with Gasteiger partial charge in [0.25, 0.3) is 0 Å². The van der Waals surface area contributed by atoms with Gasteiger partial charge in [0, 0.05) is 6.54 Å². The van der Waals surface area contributed by atoms with Crippen molar-refractivity contribution in [3.8, 4) is 0 Å². The van der Waals surface area contributed by atoms with Crippen molar-refractivity contribution in [3.05, 3.63) is 12.2 Å². The lowest BCUT2D eigenvalue weighted by molar-refractivity contribution is 0.160. The van der Waals surface area contributed by atoms with Crippen LogP contribution in [0.3, 0.4) is 0 Å². The van der Waals surface area contributed by atoms with Gasteiger partial charge in [-0.3, -0.25) is 4.90 Å². The molecule has 3 heteroatoms. The van der Waals surface area contributed by atoms with E-state index in [2.05, 4.69) is 13.0 Å². The second-order valence-corrected chi connectivity index (χ2v) is 2.96. The molecule has 0 aromatic heterocycles. The summed E-state index contributed by atoms with van der Waals surface area (Å²) in [6.45, 7) is 5.26.